The van der Waals surface area contributed by atoms with Crippen molar-refractivity contribution in [3.05, 3.63) is 149 Å². The number of aliphatic hydroxyl groups is 1. The van der Waals surface area contributed by atoms with Crippen molar-refractivity contribution < 1.29 is 24.2 Å². The molecule has 1 aliphatic heterocycles. The lowest BCUT2D eigenvalue weighted by Crippen LogP contribution is -2.46. The molecule has 8 heteroatoms. The molecule has 2 aromatic heterocycles. The number of hydrogen-bond acceptors (Lipinski definition) is 7. The van der Waals surface area contributed by atoms with E-state index in [2.05, 4.69) is 10.3 Å². The van der Waals surface area contributed by atoms with Gasteiger partial charge in [-0.3, -0.25) is 29.7 Å². The molecule has 2 bridgehead atoms. The van der Waals surface area contributed by atoms with Gasteiger partial charge in [-0.1, -0.05) is 85.8 Å². The Morgan fingerprint density at radius 2 is 1.59 bits per heavy atom. The maximum Gasteiger partial charge on any atom is 0.305 e. The van der Waals surface area contributed by atoms with Gasteiger partial charge in [0, 0.05) is 36.2 Å². The highest BCUT2D eigenvalue weighted by atomic mass is 16.5. The van der Waals surface area contributed by atoms with Gasteiger partial charge in [-0.2, -0.15) is 0 Å². The topological polar surface area (TPSA) is 118 Å². The molecule has 230 valence electrons. The molecule has 1 saturated carbocycles. The van der Waals surface area contributed by atoms with E-state index < -0.39 is 46.6 Å². The van der Waals surface area contributed by atoms with Gasteiger partial charge in [0.2, 0.25) is 11.8 Å². The molecule has 4 aromatic rings. The number of benzene rings is 2. The van der Waals surface area contributed by atoms with Gasteiger partial charge in [-0.25, -0.2) is 0 Å². The summed E-state index contributed by atoms with van der Waals surface area (Å²) >= 11 is 0. The van der Waals surface area contributed by atoms with Crippen LogP contribution in [0, 0.1) is 23.2 Å². The van der Waals surface area contributed by atoms with Crippen LogP contribution in [0.1, 0.15) is 42.3 Å². The van der Waals surface area contributed by atoms with Crippen LogP contribution in [-0.2, 0) is 24.7 Å². The van der Waals surface area contributed by atoms with E-state index in [1.807, 2.05) is 97.9 Å². The number of nitrogens with zero attached hydrogens (tertiary/aromatic N) is 2. The van der Waals surface area contributed by atoms with Crippen LogP contribution in [-0.4, -0.2) is 39.5 Å². The van der Waals surface area contributed by atoms with Crippen LogP contribution in [0.15, 0.2) is 127 Å². The van der Waals surface area contributed by atoms with E-state index in [0.717, 1.165) is 16.7 Å². The van der Waals surface area contributed by atoms with Crippen LogP contribution in [0.2, 0.25) is 0 Å². The van der Waals surface area contributed by atoms with Gasteiger partial charge in [-0.05, 0) is 53.0 Å². The van der Waals surface area contributed by atoms with Crippen LogP contribution in [0.25, 0.3) is 5.57 Å². The SMILES string of the molecule is CCCC(=O)OCC12C(=O)NC(=O)C1C1C(C(O)(c3ccccc3)c3ccccn3)=CC2C1=C(c1ccccc1)c1ccccn1. The molecule has 0 spiro atoms. The first-order valence-electron chi connectivity index (χ1n) is 15.5. The summed E-state index contributed by atoms with van der Waals surface area (Å²) in [5, 5.41) is 15.6. The molecule has 5 unspecified atom stereocenters. The number of ether oxygens (including phenoxy) is 1. The second-order valence-corrected chi connectivity index (χ2v) is 12.0. The lowest BCUT2D eigenvalue weighted by Gasteiger charge is -2.39. The molecule has 2 aromatic carbocycles. The van der Waals surface area contributed by atoms with Crippen LogP contribution >= 0.6 is 0 Å². The molecular formula is C38H33N3O5. The van der Waals surface area contributed by atoms with Gasteiger partial charge in [0.15, 0.2) is 5.60 Å². The quantitative estimate of drug-likeness (QED) is 0.155. The standard InChI is InChI=1S/C38H33N3O5/c1-2-13-30(42)46-23-37-26-22-27(38(45,25-16-7-4-8-17-25)29-19-10-12-21-40-29)33(34(37)35(43)41-36(37)44)32(26)31(24-14-5-3-6-15-24)28-18-9-11-20-39-28/h3-12,14-22,26,33-34,45H,2,13,23H2,1H3,(H,41,43,44). The highest BCUT2D eigenvalue weighted by Crippen LogP contribution is 2.68. The van der Waals surface area contributed by atoms with Crippen LogP contribution in [0.3, 0.4) is 0 Å². The smallest absolute Gasteiger partial charge is 0.305 e. The van der Waals surface area contributed by atoms with Crippen molar-refractivity contribution in [2.45, 2.75) is 25.4 Å². The number of hydrogen-bond donors (Lipinski definition) is 2. The van der Waals surface area contributed by atoms with E-state index in [1.54, 1.807) is 24.5 Å². The number of fused-ring (bicyclic) bond motifs is 5. The van der Waals surface area contributed by atoms with Gasteiger partial charge in [0.05, 0.1) is 17.3 Å². The molecule has 46 heavy (non-hydrogen) atoms. The third-order valence-corrected chi connectivity index (χ3v) is 9.58. The Kier molecular flexibility index (Phi) is 7.45. The molecule has 3 heterocycles. The molecule has 2 aliphatic carbocycles. The average Bonchev–Trinajstić information content (AvgIpc) is 3.70. The molecule has 1 saturated heterocycles. The third-order valence-electron chi connectivity index (χ3n) is 9.58. The minimum Gasteiger partial charge on any atom is -0.464 e. The van der Waals surface area contributed by atoms with Gasteiger partial charge in [0.25, 0.3) is 0 Å². The molecule has 7 rings (SSSR count). The molecular weight excluding hydrogens is 578 g/mol. The zero-order valence-corrected chi connectivity index (χ0v) is 25.3. The highest BCUT2D eigenvalue weighted by molar-refractivity contribution is 6.11. The number of allylic oxidation sites excluding steroid dienone is 2. The fourth-order valence-electron chi connectivity index (χ4n) is 7.66. The predicted molar refractivity (Wildman–Crippen MR) is 170 cm³/mol. The summed E-state index contributed by atoms with van der Waals surface area (Å²) in [6, 6.07) is 30.0. The van der Waals surface area contributed by atoms with E-state index in [4.69, 9.17) is 9.72 Å². The molecule has 0 radical (unpaired) electrons. The Bertz CT molecular complexity index is 1780. The summed E-state index contributed by atoms with van der Waals surface area (Å²) in [6.07, 6.45) is 6.04. The Hall–Kier alpha value is -5.21. The number of nitrogens with one attached hydrogen (secondary N) is 1. The second-order valence-electron chi connectivity index (χ2n) is 12.0. The fourth-order valence-corrected chi connectivity index (χ4v) is 7.66. The predicted octanol–water partition coefficient (Wildman–Crippen LogP) is 5.00. The van der Waals surface area contributed by atoms with Gasteiger partial charge >= 0.3 is 5.97 Å². The van der Waals surface area contributed by atoms with Crippen molar-refractivity contribution in [3.63, 3.8) is 0 Å². The van der Waals surface area contributed by atoms with Crippen molar-refractivity contribution >= 4 is 23.4 Å². The molecule has 3 aliphatic rings. The Morgan fingerprint density at radius 3 is 2.24 bits per heavy atom. The summed E-state index contributed by atoms with van der Waals surface area (Å²) < 4.78 is 5.78. The lowest BCUT2D eigenvalue weighted by molar-refractivity contribution is -0.152. The van der Waals surface area contributed by atoms with Gasteiger partial charge in [0.1, 0.15) is 12.0 Å². The Balaban J connectivity index is 1.54. The number of imide groups is 1. The van der Waals surface area contributed by atoms with E-state index in [-0.39, 0.29) is 13.0 Å². The Morgan fingerprint density at radius 1 is 0.913 bits per heavy atom. The number of amides is 2. The monoisotopic (exact) mass is 611 g/mol. The molecule has 2 amide bonds. The largest absolute Gasteiger partial charge is 0.464 e. The summed E-state index contributed by atoms with van der Waals surface area (Å²) in [4.78, 5) is 50.0. The van der Waals surface area contributed by atoms with Crippen molar-refractivity contribution in [2.75, 3.05) is 6.61 Å². The summed E-state index contributed by atoms with van der Waals surface area (Å²) in [5.41, 5.74) is 1.45. The first-order valence-corrected chi connectivity index (χ1v) is 15.5. The number of esters is 1. The molecule has 2 fully saturated rings. The second kappa shape index (κ2) is 11.6. The molecule has 2 N–H and O–H groups in total. The van der Waals surface area contributed by atoms with E-state index in [0.29, 0.717) is 28.9 Å². The number of rotatable bonds is 9. The van der Waals surface area contributed by atoms with Crippen molar-refractivity contribution in [1.29, 1.82) is 0 Å². The number of aromatic nitrogens is 2. The summed E-state index contributed by atoms with van der Waals surface area (Å²) in [7, 11) is 0. The van der Waals surface area contributed by atoms with Crippen LogP contribution in [0.5, 0.6) is 0 Å². The zero-order valence-electron chi connectivity index (χ0n) is 25.3. The van der Waals surface area contributed by atoms with E-state index in [9.17, 15) is 19.5 Å². The molecule has 5 atom stereocenters. The fraction of sp³-hybridized carbons (Fsp3) is 0.237. The Labute approximate surface area is 266 Å². The van der Waals surface area contributed by atoms with Crippen molar-refractivity contribution in [2.24, 2.45) is 23.2 Å². The number of pyridine rings is 2. The normalized spacial score (nSPS) is 25.3. The van der Waals surface area contributed by atoms with Crippen LogP contribution in [0.4, 0.5) is 0 Å². The van der Waals surface area contributed by atoms with E-state index >= 15 is 0 Å². The highest BCUT2D eigenvalue weighted by Gasteiger charge is 2.73. The summed E-state index contributed by atoms with van der Waals surface area (Å²) in [6.45, 7) is 1.61. The van der Waals surface area contributed by atoms with Crippen molar-refractivity contribution in [1.82, 2.24) is 15.3 Å². The zero-order chi connectivity index (χ0) is 31.9. The van der Waals surface area contributed by atoms with Gasteiger partial charge < -0.3 is 9.84 Å². The van der Waals surface area contributed by atoms with E-state index in [1.165, 1.54) is 0 Å². The molecule has 8 nitrogen and oxygen atoms in total. The minimum atomic E-state index is -1.74. The number of carbonyl (C=O) groups excluding carboxylic acids is 3. The lowest BCUT2D eigenvalue weighted by atomic mass is 9.65. The number of carbonyl (C=O) groups is 3. The first-order chi connectivity index (χ1) is 22.4. The maximum atomic E-state index is 14.0. The first kappa shape index (κ1) is 29.5. The summed E-state index contributed by atoms with van der Waals surface area (Å²) in [5.74, 6) is -3.77. The average molecular weight is 612 g/mol. The van der Waals surface area contributed by atoms with Crippen molar-refractivity contribution in [3.8, 4) is 0 Å². The van der Waals surface area contributed by atoms with Gasteiger partial charge in [-0.15, -0.1) is 0 Å². The minimum absolute atomic E-state index is 0.199. The van der Waals surface area contributed by atoms with Crippen LogP contribution < -0.4 is 5.32 Å². The maximum absolute atomic E-state index is 14.0. The third kappa shape index (κ3) is 4.43.